The average molecular weight is 202 g/mol. The second-order valence-corrected chi connectivity index (χ2v) is 5.00. The molecule has 0 aromatic rings. The van der Waals surface area contributed by atoms with Gasteiger partial charge in [0.1, 0.15) is 26.2 Å². The van der Waals surface area contributed by atoms with Crippen molar-refractivity contribution in [2.24, 2.45) is 0 Å². The van der Waals surface area contributed by atoms with Crippen LogP contribution in [0.25, 0.3) is 0 Å². The molecule has 0 atom stereocenters. The zero-order valence-electron chi connectivity index (χ0n) is 9.49. The summed E-state index contributed by atoms with van der Waals surface area (Å²) < 4.78 is 1.79. The highest BCUT2D eigenvalue weighted by atomic mass is 16.4. The molecule has 4 nitrogen and oxygen atoms in total. The number of carbonyl (C=O) groups is 1. The molecule has 0 radical (unpaired) electrons. The van der Waals surface area contributed by atoms with Crippen LogP contribution in [0.1, 0.15) is 6.92 Å². The fourth-order valence-electron chi connectivity index (χ4n) is 1.99. The Labute approximate surface area is 85.9 Å². The van der Waals surface area contributed by atoms with Crippen LogP contribution in [0.4, 0.5) is 0 Å². The van der Waals surface area contributed by atoms with Crippen LogP contribution in [0.3, 0.4) is 0 Å². The third-order valence-electron chi connectivity index (χ3n) is 3.64. The van der Waals surface area contributed by atoms with E-state index < -0.39 is 5.97 Å². The van der Waals surface area contributed by atoms with E-state index in [9.17, 15) is 4.79 Å². The average Bonchev–Trinajstić information content (AvgIpc) is 2.10. The second kappa shape index (κ2) is 3.87. The number of carboxylic acids is 1. The number of aliphatic carboxylic acids is 1. The first kappa shape index (κ1) is 11.5. The van der Waals surface area contributed by atoms with Crippen LogP contribution in [-0.2, 0) is 4.79 Å². The molecule has 0 saturated carbocycles. The third-order valence-corrected chi connectivity index (χ3v) is 3.64. The van der Waals surface area contributed by atoms with Crippen molar-refractivity contribution in [3.8, 4) is 0 Å². The van der Waals surface area contributed by atoms with Gasteiger partial charge in [0.05, 0.1) is 20.6 Å². The van der Waals surface area contributed by atoms with E-state index in [0.29, 0.717) is 4.48 Å². The highest BCUT2D eigenvalue weighted by Crippen LogP contribution is 2.14. The smallest absolute Gasteiger partial charge is 0.359 e. The van der Waals surface area contributed by atoms with Gasteiger partial charge in [-0.25, -0.2) is 4.79 Å². The number of likely N-dealkylation sites (N-methyl/N-ethyl adjacent to an activating group) is 2. The number of carboxylic acid groups (broad SMARTS) is 1. The van der Waals surface area contributed by atoms with Gasteiger partial charge in [-0.2, -0.15) is 0 Å². The monoisotopic (exact) mass is 202 g/mol. The Balaban J connectivity index is 2.52. The van der Waals surface area contributed by atoms with Crippen LogP contribution in [0.5, 0.6) is 0 Å². The van der Waals surface area contributed by atoms with Gasteiger partial charge in [-0.15, -0.1) is 0 Å². The standard InChI is InChI=1S/C10H21N2O2/c1-4-11(2)5-7-12(3,8-6-11)9-10(13)14/h4-9H2,1-3H3/q+1/p+1. The van der Waals surface area contributed by atoms with E-state index in [0.717, 1.165) is 37.2 Å². The van der Waals surface area contributed by atoms with Gasteiger partial charge in [0.25, 0.3) is 0 Å². The fraction of sp³-hybridized carbons (Fsp3) is 0.900. The Morgan fingerprint density at radius 2 is 1.57 bits per heavy atom. The van der Waals surface area contributed by atoms with E-state index in [1.54, 1.807) is 0 Å². The van der Waals surface area contributed by atoms with Crippen LogP contribution >= 0.6 is 0 Å². The lowest BCUT2D eigenvalue weighted by Crippen LogP contribution is -2.64. The number of quaternary nitrogens is 2. The molecule has 0 aromatic carbocycles. The van der Waals surface area contributed by atoms with Crippen molar-refractivity contribution in [2.45, 2.75) is 6.92 Å². The number of hydrogen-bond donors (Lipinski definition) is 1. The summed E-state index contributed by atoms with van der Waals surface area (Å²) in [5, 5.41) is 8.80. The highest BCUT2D eigenvalue weighted by Gasteiger charge is 2.37. The normalized spacial score (nSPS) is 38.2. The Bertz CT molecular complexity index is 220. The van der Waals surface area contributed by atoms with Crippen molar-refractivity contribution >= 4 is 5.97 Å². The van der Waals surface area contributed by atoms with Crippen molar-refractivity contribution in [3.05, 3.63) is 0 Å². The predicted octanol–water partition coefficient (Wildman–Crippen LogP) is -0.00230. The zero-order chi connectivity index (χ0) is 10.8. The lowest BCUT2D eigenvalue weighted by atomic mass is 10.2. The third kappa shape index (κ3) is 2.69. The van der Waals surface area contributed by atoms with Crippen molar-refractivity contribution in [1.82, 2.24) is 0 Å². The van der Waals surface area contributed by atoms with Gasteiger partial charge in [0.2, 0.25) is 0 Å². The maximum absolute atomic E-state index is 10.7. The van der Waals surface area contributed by atoms with Gasteiger partial charge in [0.15, 0.2) is 6.54 Å². The van der Waals surface area contributed by atoms with Gasteiger partial charge in [-0.1, -0.05) is 0 Å². The Kier molecular flexibility index (Phi) is 3.17. The van der Waals surface area contributed by atoms with Crippen LogP contribution in [0, 0.1) is 0 Å². The molecule has 0 aliphatic carbocycles. The van der Waals surface area contributed by atoms with Crippen molar-refractivity contribution in [3.63, 3.8) is 0 Å². The summed E-state index contributed by atoms with van der Waals surface area (Å²) in [5.41, 5.74) is 0. The molecule has 0 aromatic heterocycles. The number of hydrogen-bond acceptors (Lipinski definition) is 1. The molecule has 0 spiro atoms. The van der Waals surface area contributed by atoms with Crippen LogP contribution in [0.2, 0.25) is 0 Å². The van der Waals surface area contributed by atoms with Gasteiger partial charge in [-0.3, -0.25) is 0 Å². The van der Waals surface area contributed by atoms with Gasteiger partial charge in [-0.05, 0) is 6.92 Å². The van der Waals surface area contributed by atoms with Crippen molar-refractivity contribution in [2.75, 3.05) is 53.4 Å². The molecule has 14 heavy (non-hydrogen) atoms. The van der Waals surface area contributed by atoms with E-state index in [2.05, 4.69) is 14.0 Å². The number of nitrogens with zero attached hydrogens (tertiary/aromatic N) is 2. The molecule has 1 heterocycles. The maximum Gasteiger partial charge on any atom is 0.359 e. The first-order valence-corrected chi connectivity index (χ1v) is 5.28. The molecule has 1 saturated heterocycles. The van der Waals surface area contributed by atoms with E-state index in [1.165, 1.54) is 0 Å². The van der Waals surface area contributed by atoms with E-state index in [4.69, 9.17) is 5.11 Å². The number of rotatable bonds is 3. The number of piperazine rings is 1. The van der Waals surface area contributed by atoms with Gasteiger partial charge >= 0.3 is 5.97 Å². The summed E-state index contributed by atoms with van der Waals surface area (Å²) in [5.74, 6) is -0.680. The lowest BCUT2D eigenvalue weighted by Gasteiger charge is -2.45. The molecule has 0 amide bonds. The largest absolute Gasteiger partial charge is 0.477 e. The molecule has 1 aliphatic rings. The van der Waals surface area contributed by atoms with Gasteiger partial charge < -0.3 is 14.1 Å². The molecule has 1 rings (SSSR count). The Hall–Kier alpha value is -0.610. The minimum Gasteiger partial charge on any atom is -0.477 e. The van der Waals surface area contributed by atoms with E-state index in [-0.39, 0.29) is 6.54 Å². The highest BCUT2D eigenvalue weighted by molar-refractivity contribution is 5.67. The second-order valence-electron chi connectivity index (χ2n) is 5.00. The SMILES string of the molecule is CC[N+]1(C)CC[N+](C)(CC(=O)O)CC1. The van der Waals surface area contributed by atoms with E-state index >= 15 is 0 Å². The summed E-state index contributed by atoms with van der Waals surface area (Å²) in [6.07, 6.45) is 0. The van der Waals surface area contributed by atoms with Crippen LogP contribution < -0.4 is 0 Å². The lowest BCUT2D eigenvalue weighted by molar-refractivity contribution is -1.01. The minimum absolute atomic E-state index is 0.268. The quantitative estimate of drug-likeness (QED) is 0.654. The van der Waals surface area contributed by atoms with Crippen molar-refractivity contribution in [1.29, 1.82) is 0 Å². The summed E-state index contributed by atoms with van der Waals surface area (Å²) in [7, 11) is 4.30. The molecule has 1 aliphatic heterocycles. The van der Waals surface area contributed by atoms with Crippen LogP contribution in [-0.4, -0.2) is 73.4 Å². The summed E-state index contributed by atoms with van der Waals surface area (Å²) in [6.45, 7) is 7.78. The predicted molar refractivity (Wildman–Crippen MR) is 54.9 cm³/mol. The molecule has 4 heteroatoms. The zero-order valence-corrected chi connectivity index (χ0v) is 9.49. The van der Waals surface area contributed by atoms with Crippen molar-refractivity contribution < 1.29 is 18.9 Å². The molecule has 82 valence electrons. The summed E-state index contributed by atoms with van der Waals surface area (Å²) in [4.78, 5) is 10.7. The molecular formula is C10H22N2O2+2. The molecular weight excluding hydrogens is 180 g/mol. The first-order chi connectivity index (χ1) is 6.39. The van der Waals surface area contributed by atoms with Gasteiger partial charge in [0, 0.05) is 0 Å². The summed E-state index contributed by atoms with van der Waals surface area (Å²) >= 11 is 0. The minimum atomic E-state index is -0.680. The topological polar surface area (TPSA) is 37.3 Å². The molecule has 0 bridgehead atoms. The maximum atomic E-state index is 10.7. The molecule has 1 N–H and O–H groups in total. The molecule has 0 unspecified atom stereocenters. The summed E-state index contributed by atoms with van der Waals surface area (Å²) in [6, 6.07) is 0. The molecule has 1 fully saturated rings. The van der Waals surface area contributed by atoms with Crippen LogP contribution in [0.15, 0.2) is 0 Å². The van der Waals surface area contributed by atoms with E-state index in [1.807, 2.05) is 7.05 Å². The Morgan fingerprint density at radius 1 is 1.14 bits per heavy atom. The Morgan fingerprint density at radius 3 is 1.93 bits per heavy atom. The first-order valence-electron chi connectivity index (χ1n) is 5.28. The fourth-order valence-corrected chi connectivity index (χ4v) is 1.99.